The molecule has 1 heterocycles. The Bertz CT molecular complexity index is 667. The molecule has 8 heteroatoms. The molecule has 0 radical (unpaired) electrons. The van der Waals surface area contributed by atoms with Crippen LogP contribution in [0, 0.1) is 0 Å². The summed E-state index contributed by atoms with van der Waals surface area (Å²) in [6.07, 6.45) is 1.48. The molecule has 90 valence electrons. The summed E-state index contributed by atoms with van der Waals surface area (Å²) in [6, 6.07) is 7.17. The van der Waals surface area contributed by atoms with E-state index < -0.39 is 11.3 Å². The van der Waals surface area contributed by atoms with Gasteiger partial charge < -0.3 is 0 Å². The fraction of sp³-hybridized carbons (Fsp3) is 0.111. The van der Waals surface area contributed by atoms with Crippen molar-refractivity contribution in [2.45, 2.75) is 6.63 Å². The zero-order chi connectivity index (χ0) is 12.7. The van der Waals surface area contributed by atoms with Crippen LogP contribution in [0.5, 0.6) is 0 Å². The van der Waals surface area contributed by atoms with Crippen LogP contribution >= 0.6 is 47.8 Å². The van der Waals surface area contributed by atoms with Gasteiger partial charge in [0.1, 0.15) is 0 Å². The molecule has 0 saturated carbocycles. The Morgan fingerprint density at radius 3 is 2.41 bits per heavy atom. The van der Waals surface area contributed by atoms with Crippen molar-refractivity contribution in [3.63, 3.8) is 0 Å². The lowest BCUT2D eigenvalue weighted by Gasteiger charge is -2.11. The molecule has 0 atom stereocenters. The first-order chi connectivity index (χ1) is 7.82. The van der Waals surface area contributed by atoms with Crippen LogP contribution in [-0.4, -0.2) is 19.9 Å². The highest BCUT2D eigenvalue weighted by Crippen LogP contribution is 2.42. The number of para-hydroxylation sites is 1. The molecule has 0 fully saturated rings. The highest BCUT2D eigenvalue weighted by Gasteiger charge is 2.39. The number of fused-ring (bicyclic) bond motifs is 1. The standard InChI is InChI=1S/C9H5Br3N2O2S/c10-9(11,12)17(15,16)8-13-5-6-3-1-2-4-7(6)14-8/h1-5H. The average molecular weight is 445 g/mol. The fourth-order valence-corrected chi connectivity index (χ4v) is 3.11. The second-order valence-electron chi connectivity index (χ2n) is 3.16. The van der Waals surface area contributed by atoms with Gasteiger partial charge in [-0.05, 0) is 53.9 Å². The van der Waals surface area contributed by atoms with Gasteiger partial charge in [0, 0.05) is 11.6 Å². The van der Waals surface area contributed by atoms with E-state index in [-0.39, 0.29) is 5.16 Å². The predicted molar refractivity (Wildman–Crippen MR) is 76.2 cm³/mol. The van der Waals surface area contributed by atoms with Crippen LogP contribution in [-0.2, 0) is 9.84 Å². The largest absolute Gasteiger partial charge is 0.250 e. The summed E-state index contributed by atoms with van der Waals surface area (Å²) >= 11 is 8.90. The maximum absolute atomic E-state index is 12.0. The Morgan fingerprint density at radius 1 is 1.12 bits per heavy atom. The van der Waals surface area contributed by atoms with Gasteiger partial charge in [-0.3, -0.25) is 0 Å². The summed E-state index contributed by atoms with van der Waals surface area (Å²) in [6.45, 7) is 0. The smallest absolute Gasteiger partial charge is 0.226 e. The van der Waals surface area contributed by atoms with E-state index >= 15 is 0 Å². The van der Waals surface area contributed by atoms with Crippen LogP contribution in [0.1, 0.15) is 0 Å². The Morgan fingerprint density at radius 2 is 1.76 bits per heavy atom. The van der Waals surface area contributed by atoms with E-state index in [4.69, 9.17) is 0 Å². The topological polar surface area (TPSA) is 59.9 Å². The normalized spacial score (nSPS) is 12.9. The van der Waals surface area contributed by atoms with Crippen molar-refractivity contribution in [1.29, 1.82) is 0 Å². The molecule has 2 rings (SSSR count). The molecule has 0 amide bonds. The van der Waals surface area contributed by atoms with Crippen molar-refractivity contribution in [2.24, 2.45) is 0 Å². The molecule has 1 aromatic carbocycles. The second kappa shape index (κ2) is 4.56. The van der Waals surface area contributed by atoms with Crippen molar-refractivity contribution in [1.82, 2.24) is 9.97 Å². The van der Waals surface area contributed by atoms with E-state index in [2.05, 4.69) is 57.8 Å². The Kier molecular flexibility index (Phi) is 3.59. The molecule has 0 unspecified atom stereocenters. The van der Waals surface area contributed by atoms with E-state index in [1.54, 1.807) is 12.1 Å². The maximum Gasteiger partial charge on any atom is 0.250 e. The first kappa shape index (κ1) is 13.4. The lowest BCUT2D eigenvalue weighted by molar-refractivity contribution is 0.590. The molecule has 2 aromatic rings. The Hall–Kier alpha value is -0.0500. The van der Waals surface area contributed by atoms with Gasteiger partial charge in [-0.2, -0.15) is 0 Å². The van der Waals surface area contributed by atoms with Gasteiger partial charge in [-0.25, -0.2) is 18.4 Å². The number of hydrogen-bond acceptors (Lipinski definition) is 4. The Balaban J connectivity index is 2.66. The second-order valence-corrected chi connectivity index (χ2v) is 13.5. The van der Waals surface area contributed by atoms with E-state index in [1.165, 1.54) is 6.20 Å². The summed E-state index contributed by atoms with van der Waals surface area (Å²) < 4.78 is 22.6. The SMILES string of the molecule is O=S(=O)(c1ncc2ccccc2n1)C(Br)(Br)Br. The van der Waals surface area contributed by atoms with Gasteiger partial charge in [-0.15, -0.1) is 0 Å². The van der Waals surface area contributed by atoms with Gasteiger partial charge in [0.05, 0.1) is 5.52 Å². The zero-order valence-corrected chi connectivity index (χ0v) is 13.7. The molecule has 1 aromatic heterocycles. The average Bonchev–Trinajstić information content (AvgIpc) is 2.27. The third-order valence-electron chi connectivity index (χ3n) is 2.01. The fourth-order valence-electron chi connectivity index (χ4n) is 1.19. The van der Waals surface area contributed by atoms with E-state index in [9.17, 15) is 8.42 Å². The molecule has 0 aliphatic heterocycles. The molecule has 0 aliphatic rings. The highest BCUT2D eigenvalue weighted by molar-refractivity contribution is 9.42. The van der Waals surface area contributed by atoms with Crippen LogP contribution in [0.25, 0.3) is 10.9 Å². The Labute approximate surface area is 123 Å². The number of halogens is 3. The lowest BCUT2D eigenvalue weighted by atomic mass is 10.2. The zero-order valence-electron chi connectivity index (χ0n) is 8.14. The van der Waals surface area contributed by atoms with Crippen LogP contribution in [0.15, 0.2) is 35.6 Å². The third-order valence-corrected chi connectivity index (χ3v) is 7.13. The van der Waals surface area contributed by atoms with Gasteiger partial charge in [0.2, 0.25) is 11.3 Å². The molecule has 17 heavy (non-hydrogen) atoms. The van der Waals surface area contributed by atoms with Crippen LogP contribution in [0.4, 0.5) is 0 Å². The molecule has 0 saturated heterocycles. The molecule has 0 aliphatic carbocycles. The minimum atomic E-state index is -3.74. The van der Waals surface area contributed by atoms with Crippen molar-refractivity contribution in [3.05, 3.63) is 30.5 Å². The molecular weight excluding hydrogens is 440 g/mol. The highest BCUT2D eigenvalue weighted by atomic mass is 80.0. The number of alkyl halides is 3. The lowest BCUT2D eigenvalue weighted by Crippen LogP contribution is -2.20. The van der Waals surface area contributed by atoms with Crippen molar-refractivity contribution in [3.8, 4) is 0 Å². The number of aromatic nitrogens is 2. The van der Waals surface area contributed by atoms with Crippen molar-refractivity contribution >= 4 is 68.5 Å². The summed E-state index contributed by atoms with van der Waals surface area (Å²) in [5, 5.41) is 0.539. The predicted octanol–water partition coefficient (Wildman–Crippen LogP) is 3.20. The molecular formula is C9H5Br3N2O2S. The van der Waals surface area contributed by atoms with Crippen LogP contribution in [0.3, 0.4) is 0 Å². The van der Waals surface area contributed by atoms with Gasteiger partial charge in [-0.1, -0.05) is 18.2 Å². The summed E-state index contributed by atoms with van der Waals surface area (Å²) in [5.41, 5.74) is 0.581. The van der Waals surface area contributed by atoms with Crippen LogP contribution < -0.4 is 0 Å². The number of nitrogens with zero attached hydrogens (tertiary/aromatic N) is 2. The van der Waals surface area contributed by atoms with E-state index in [0.29, 0.717) is 5.52 Å². The third kappa shape index (κ3) is 2.54. The van der Waals surface area contributed by atoms with Gasteiger partial charge in [0.25, 0.3) is 5.16 Å². The van der Waals surface area contributed by atoms with E-state index in [1.807, 2.05) is 12.1 Å². The van der Waals surface area contributed by atoms with Crippen molar-refractivity contribution in [2.75, 3.05) is 0 Å². The van der Waals surface area contributed by atoms with Gasteiger partial charge >= 0.3 is 0 Å². The minimum Gasteiger partial charge on any atom is -0.226 e. The maximum atomic E-state index is 12.0. The number of benzene rings is 1. The molecule has 0 N–H and O–H groups in total. The summed E-state index contributed by atoms with van der Waals surface area (Å²) in [7, 11) is -3.74. The summed E-state index contributed by atoms with van der Waals surface area (Å²) in [4.78, 5) is 7.88. The first-order valence-corrected chi connectivity index (χ1v) is 8.22. The number of rotatable bonds is 1. The first-order valence-electron chi connectivity index (χ1n) is 4.35. The quantitative estimate of drug-likeness (QED) is 0.500. The molecule has 0 spiro atoms. The number of sulfone groups is 1. The molecule has 0 bridgehead atoms. The van der Waals surface area contributed by atoms with E-state index in [0.717, 1.165) is 5.39 Å². The summed E-state index contributed by atoms with van der Waals surface area (Å²) in [5.74, 6) is 0. The number of hydrogen-bond donors (Lipinski definition) is 0. The van der Waals surface area contributed by atoms with Crippen molar-refractivity contribution < 1.29 is 8.42 Å². The monoisotopic (exact) mass is 442 g/mol. The molecule has 4 nitrogen and oxygen atoms in total. The van der Waals surface area contributed by atoms with Gasteiger partial charge in [0.15, 0.2) is 0 Å². The minimum absolute atomic E-state index is 0.248. The van der Waals surface area contributed by atoms with Crippen LogP contribution in [0.2, 0.25) is 0 Å².